The van der Waals surface area contributed by atoms with Gasteiger partial charge >= 0.3 is 0 Å². The van der Waals surface area contributed by atoms with Gasteiger partial charge in [-0.25, -0.2) is 18.7 Å². The average Bonchev–Trinajstić information content (AvgIpc) is 3.59. The number of anilines is 3. The van der Waals surface area contributed by atoms with Crippen LogP contribution in [0, 0.1) is 6.92 Å². The number of pyridine rings is 1. The molecule has 0 bridgehead atoms. The molecule has 1 saturated carbocycles. The third-order valence-corrected chi connectivity index (χ3v) is 11.1. The predicted octanol–water partition coefficient (Wildman–Crippen LogP) is 7.61. The highest BCUT2D eigenvalue weighted by Crippen LogP contribution is 2.48. The summed E-state index contributed by atoms with van der Waals surface area (Å²) >= 11 is 0. The van der Waals surface area contributed by atoms with Gasteiger partial charge in [-0.05, 0) is 116 Å². The topological polar surface area (TPSA) is 98.6 Å². The molecule has 7 rings (SSSR count). The molecule has 50 heavy (non-hydrogen) atoms. The van der Waals surface area contributed by atoms with Crippen molar-refractivity contribution in [3.05, 3.63) is 65.5 Å². The second-order valence-corrected chi connectivity index (χ2v) is 15.3. The normalized spacial score (nSPS) is 21.9. The van der Waals surface area contributed by atoms with E-state index in [4.69, 9.17) is 9.97 Å². The van der Waals surface area contributed by atoms with Gasteiger partial charge in [-0.2, -0.15) is 0 Å². The minimum absolute atomic E-state index is 0.113. The first kappa shape index (κ1) is 34.5. The van der Waals surface area contributed by atoms with E-state index in [2.05, 4.69) is 51.0 Å². The number of hydrogen-bond acceptors (Lipinski definition) is 7. The van der Waals surface area contributed by atoms with Crippen molar-refractivity contribution in [2.45, 2.75) is 116 Å². The van der Waals surface area contributed by atoms with Crippen molar-refractivity contribution >= 4 is 34.1 Å². The first-order valence-corrected chi connectivity index (χ1v) is 18.0. The Morgan fingerprint density at radius 1 is 0.980 bits per heavy atom. The Balaban J connectivity index is 1.23. The van der Waals surface area contributed by atoms with E-state index >= 15 is 0 Å². The van der Waals surface area contributed by atoms with Crippen LogP contribution in [0.3, 0.4) is 0 Å². The van der Waals surface area contributed by atoms with Gasteiger partial charge in [0.25, 0.3) is 6.43 Å². The first-order chi connectivity index (χ1) is 23.8. The number of fused-ring (bicyclic) bond motifs is 2. The maximum absolute atomic E-state index is 14.0. The maximum Gasteiger partial charge on any atom is 0.253 e. The first-order valence-electron chi connectivity index (χ1n) is 18.0. The fourth-order valence-corrected chi connectivity index (χ4v) is 7.91. The zero-order chi connectivity index (χ0) is 35.5. The van der Waals surface area contributed by atoms with Crippen LogP contribution in [0.4, 0.5) is 26.0 Å². The highest BCUT2D eigenvalue weighted by atomic mass is 19.3. The number of carbonyl (C=O) groups is 1. The molecule has 9 nitrogen and oxygen atoms in total. The molecule has 0 radical (unpaired) electrons. The Bertz CT molecular complexity index is 1890. The van der Waals surface area contributed by atoms with Crippen LogP contribution < -0.4 is 15.5 Å². The standard InChI is InChI=1S/C39H49F2N7O2/c1-22(2)47-21-42-32-20-31(45-36(34(32)47)44-26-12-10-23(3)29(17-26)37(49)43-24(4)35(40)41)25-11-13-30-33(16-25)48(38(50)39(30,5)6)28-18-27(19-28)46-14-8-7-9-15-46/h10-13,16-17,20-22,24,27-28,35,37,43,49H,7-9,14-15,18-19H2,1-6H3,(H,44,45)/t24-,27?,28?,37?/m0/s1. The van der Waals surface area contributed by atoms with Gasteiger partial charge in [0.05, 0.1) is 29.0 Å². The Morgan fingerprint density at radius 2 is 1.72 bits per heavy atom. The number of piperidine rings is 1. The van der Waals surface area contributed by atoms with Gasteiger partial charge in [-0.1, -0.05) is 24.6 Å². The van der Waals surface area contributed by atoms with Crippen LogP contribution in [0.25, 0.3) is 22.3 Å². The van der Waals surface area contributed by atoms with Gasteiger partial charge in [0.15, 0.2) is 5.82 Å². The van der Waals surface area contributed by atoms with Gasteiger partial charge in [0.1, 0.15) is 11.7 Å². The quantitative estimate of drug-likeness (QED) is 0.148. The van der Waals surface area contributed by atoms with Crippen molar-refractivity contribution < 1.29 is 18.7 Å². The lowest BCUT2D eigenvalue weighted by Crippen LogP contribution is -2.57. The zero-order valence-electron chi connectivity index (χ0n) is 29.9. The number of amides is 1. The van der Waals surface area contributed by atoms with Crippen LogP contribution in [-0.2, 0) is 10.2 Å². The monoisotopic (exact) mass is 685 g/mol. The summed E-state index contributed by atoms with van der Waals surface area (Å²) in [5.41, 5.74) is 6.51. The number of aliphatic hydroxyl groups excluding tert-OH is 1. The molecule has 0 spiro atoms. The molecule has 2 fully saturated rings. The minimum Gasteiger partial charge on any atom is -0.374 e. The Labute approximate surface area is 293 Å². The number of aryl methyl sites for hydroxylation is 1. The molecule has 3 aliphatic rings. The molecule has 11 heteroatoms. The molecule has 266 valence electrons. The fourth-order valence-electron chi connectivity index (χ4n) is 7.91. The number of hydrogen-bond donors (Lipinski definition) is 3. The summed E-state index contributed by atoms with van der Waals surface area (Å²) in [6, 6.07) is 13.4. The zero-order valence-corrected chi connectivity index (χ0v) is 29.9. The van der Waals surface area contributed by atoms with Crippen molar-refractivity contribution in [1.82, 2.24) is 24.8 Å². The van der Waals surface area contributed by atoms with E-state index in [1.165, 1.54) is 26.2 Å². The Morgan fingerprint density at radius 3 is 2.42 bits per heavy atom. The number of aromatic nitrogens is 3. The highest BCUT2D eigenvalue weighted by molar-refractivity contribution is 6.08. The molecule has 4 aromatic rings. The molecule has 1 saturated heterocycles. The number of likely N-dealkylation sites (tertiary alicyclic amines) is 1. The molecule has 2 aromatic heterocycles. The molecular weight excluding hydrogens is 636 g/mol. The van der Waals surface area contributed by atoms with E-state index < -0.39 is 24.1 Å². The Kier molecular flexibility index (Phi) is 9.19. The molecule has 1 aliphatic carbocycles. The van der Waals surface area contributed by atoms with E-state index in [0.717, 1.165) is 59.3 Å². The number of imidazole rings is 1. The van der Waals surface area contributed by atoms with Crippen molar-refractivity contribution in [1.29, 1.82) is 0 Å². The van der Waals surface area contributed by atoms with Crippen molar-refractivity contribution in [2.24, 2.45) is 0 Å². The third kappa shape index (κ3) is 6.17. The average molecular weight is 686 g/mol. The van der Waals surface area contributed by atoms with E-state index in [1.54, 1.807) is 6.07 Å². The maximum atomic E-state index is 14.0. The van der Waals surface area contributed by atoms with Crippen LogP contribution in [0.15, 0.2) is 48.8 Å². The van der Waals surface area contributed by atoms with Crippen molar-refractivity contribution in [2.75, 3.05) is 23.3 Å². The second kappa shape index (κ2) is 13.3. The van der Waals surface area contributed by atoms with Gasteiger partial charge in [-0.3, -0.25) is 10.1 Å². The number of benzene rings is 2. The number of alkyl halides is 2. The summed E-state index contributed by atoms with van der Waals surface area (Å²) in [6.45, 7) is 13.7. The number of aliphatic hydroxyl groups is 1. The summed E-state index contributed by atoms with van der Waals surface area (Å²) in [5.74, 6) is 0.738. The number of rotatable bonds is 10. The van der Waals surface area contributed by atoms with E-state index in [0.29, 0.717) is 28.8 Å². The third-order valence-electron chi connectivity index (χ3n) is 11.1. The molecular formula is C39H49F2N7O2. The highest BCUT2D eigenvalue weighted by Gasteiger charge is 2.50. The van der Waals surface area contributed by atoms with Gasteiger partial charge in [0, 0.05) is 40.6 Å². The SMILES string of the molecule is Cc1ccc(Nc2nc(-c3ccc4c(c3)N(C3CC(N5CCCCC5)C3)C(=O)C4(C)C)cc3ncn(C(C)C)c23)cc1C(O)N[C@@H](C)C(F)F. The minimum atomic E-state index is -2.61. The number of carbonyl (C=O) groups excluding carboxylic acids is 1. The molecule has 1 amide bonds. The van der Waals surface area contributed by atoms with Crippen LogP contribution in [0.2, 0.25) is 0 Å². The summed E-state index contributed by atoms with van der Waals surface area (Å²) in [7, 11) is 0. The largest absolute Gasteiger partial charge is 0.374 e. The molecule has 2 aliphatic heterocycles. The lowest BCUT2D eigenvalue weighted by molar-refractivity contribution is -0.123. The summed E-state index contributed by atoms with van der Waals surface area (Å²) in [4.78, 5) is 28.5. The van der Waals surface area contributed by atoms with Crippen LogP contribution in [-0.4, -0.2) is 68.1 Å². The lowest BCUT2D eigenvalue weighted by atomic mass is 9.82. The fraction of sp³-hybridized carbons (Fsp3) is 0.513. The smallest absolute Gasteiger partial charge is 0.253 e. The molecule has 3 N–H and O–H groups in total. The lowest BCUT2D eigenvalue weighted by Gasteiger charge is -2.48. The molecule has 1 unspecified atom stereocenters. The molecule has 2 atom stereocenters. The van der Waals surface area contributed by atoms with E-state index in [-0.39, 0.29) is 18.0 Å². The Hall–Kier alpha value is -3.93. The summed E-state index contributed by atoms with van der Waals surface area (Å²) in [6.07, 6.45) is 3.77. The summed E-state index contributed by atoms with van der Waals surface area (Å²) < 4.78 is 28.6. The van der Waals surface area contributed by atoms with Gasteiger partial charge < -0.3 is 24.8 Å². The predicted molar refractivity (Wildman–Crippen MR) is 194 cm³/mol. The van der Waals surface area contributed by atoms with E-state index in [9.17, 15) is 18.7 Å². The summed E-state index contributed by atoms with van der Waals surface area (Å²) in [5, 5.41) is 16.9. The van der Waals surface area contributed by atoms with Crippen molar-refractivity contribution in [3.63, 3.8) is 0 Å². The van der Waals surface area contributed by atoms with Gasteiger partial charge in [-0.15, -0.1) is 0 Å². The number of halogens is 2. The number of nitrogens with one attached hydrogen (secondary N) is 2. The molecule has 4 heterocycles. The van der Waals surface area contributed by atoms with Crippen LogP contribution in [0.1, 0.15) is 95.7 Å². The molecule has 2 aromatic carbocycles. The van der Waals surface area contributed by atoms with Crippen LogP contribution in [0.5, 0.6) is 0 Å². The van der Waals surface area contributed by atoms with E-state index in [1.807, 2.05) is 51.4 Å². The van der Waals surface area contributed by atoms with Gasteiger partial charge in [0.2, 0.25) is 5.91 Å². The van der Waals surface area contributed by atoms with Crippen molar-refractivity contribution in [3.8, 4) is 11.3 Å². The number of nitrogens with zero attached hydrogens (tertiary/aromatic N) is 5. The second-order valence-electron chi connectivity index (χ2n) is 15.3. The van der Waals surface area contributed by atoms with Crippen LogP contribution >= 0.6 is 0 Å².